The average Bonchev–Trinajstić information content (AvgIpc) is 2.29. The van der Waals surface area contributed by atoms with Gasteiger partial charge >= 0.3 is 6.03 Å². The minimum Gasteiger partial charge on any atom is -0.334 e. The average molecular weight is 214 g/mol. The molecule has 5 nitrogen and oxygen atoms in total. The quantitative estimate of drug-likeness (QED) is 0.677. The number of rotatable bonds is 3. The predicted octanol–water partition coefficient (Wildman–Crippen LogP) is -0.319. The van der Waals surface area contributed by atoms with E-state index in [1.807, 2.05) is 11.8 Å². The predicted molar refractivity (Wildman–Crippen MR) is 60.7 cm³/mol. The van der Waals surface area contributed by atoms with E-state index in [0.717, 1.165) is 32.7 Å². The summed E-state index contributed by atoms with van der Waals surface area (Å²) >= 11 is 0. The molecule has 1 atom stereocenters. The summed E-state index contributed by atoms with van der Waals surface area (Å²) in [6.45, 7) is 9.19. The van der Waals surface area contributed by atoms with E-state index in [-0.39, 0.29) is 12.1 Å². The number of amides is 2. The third-order valence-electron chi connectivity index (χ3n) is 2.83. The second kappa shape index (κ2) is 5.92. The van der Waals surface area contributed by atoms with Gasteiger partial charge in [0.1, 0.15) is 0 Å². The number of carbonyl (C=O) groups is 1. The van der Waals surface area contributed by atoms with Crippen molar-refractivity contribution in [2.75, 3.05) is 39.3 Å². The molecule has 3 N–H and O–H groups in total. The second-order valence-corrected chi connectivity index (χ2v) is 4.01. The summed E-state index contributed by atoms with van der Waals surface area (Å²) in [5.74, 6) is 0. The lowest BCUT2D eigenvalue weighted by atomic mass is 10.3. The summed E-state index contributed by atoms with van der Waals surface area (Å²) < 4.78 is 0. The van der Waals surface area contributed by atoms with Gasteiger partial charge in [-0.3, -0.25) is 0 Å². The summed E-state index contributed by atoms with van der Waals surface area (Å²) in [7, 11) is 0. The van der Waals surface area contributed by atoms with Crippen LogP contribution in [0.25, 0.3) is 0 Å². The molecular weight excluding hydrogens is 192 g/mol. The Balaban J connectivity index is 2.30. The van der Waals surface area contributed by atoms with E-state index in [1.165, 1.54) is 0 Å². The summed E-state index contributed by atoms with van der Waals surface area (Å²) in [4.78, 5) is 15.9. The van der Waals surface area contributed by atoms with E-state index in [0.29, 0.717) is 6.54 Å². The Kier molecular flexibility index (Phi) is 4.84. The molecule has 1 aliphatic rings. The summed E-state index contributed by atoms with van der Waals surface area (Å²) in [5, 5.41) is 2.88. The second-order valence-electron chi connectivity index (χ2n) is 4.01. The maximum absolute atomic E-state index is 11.7. The van der Waals surface area contributed by atoms with Gasteiger partial charge in [0.2, 0.25) is 0 Å². The van der Waals surface area contributed by atoms with Crippen molar-refractivity contribution in [3.05, 3.63) is 0 Å². The van der Waals surface area contributed by atoms with Gasteiger partial charge in [0.25, 0.3) is 0 Å². The molecule has 1 rings (SSSR count). The fourth-order valence-electron chi connectivity index (χ4n) is 1.63. The molecule has 0 saturated carbocycles. The molecular formula is C10H22N4O. The fraction of sp³-hybridized carbons (Fsp3) is 0.900. The first kappa shape index (κ1) is 12.3. The molecule has 1 saturated heterocycles. The molecule has 2 amide bonds. The molecule has 1 aliphatic heterocycles. The van der Waals surface area contributed by atoms with Crippen LogP contribution in [0.1, 0.15) is 13.8 Å². The fourth-order valence-corrected chi connectivity index (χ4v) is 1.63. The van der Waals surface area contributed by atoms with Gasteiger partial charge in [-0.15, -0.1) is 0 Å². The minimum atomic E-state index is 0.0173. The highest BCUT2D eigenvalue weighted by molar-refractivity contribution is 5.74. The van der Waals surface area contributed by atoms with Crippen molar-refractivity contribution in [1.29, 1.82) is 0 Å². The zero-order chi connectivity index (χ0) is 11.3. The molecule has 88 valence electrons. The lowest BCUT2D eigenvalue weighted by molar-refractivity contribution is 0.141. The number of piperazine rings is 1. The highest BCUT2D eigenvalue weighted by atomic mass is 16.2. The zero-order valence-corrected chi connectivity index (χ0v) is 9.70. The summed E-state index contributed by atoms with van der Waals surface area (Å²) in [6.07, 6.45) is 0. The maximum Gasteiger partial charge on any atom is 0.317 e. The zero-order valence-electron chi connectivity index (χ0n) is 9.70. The topological polar surface area (TPSA) is 61.6 Å². The molecule has 0 aromatic rings. The van der Waals surface area contributed by atoms with Crippen LogP contribution in [0, 0.1) is 0 Å². The Hall–Kier alpha value is -0.810. The highest BCUT2D eigenvalue weighted by Crippen LogP contribution is 2.01. The first-order chi connectivity index (χ1) is 7.17. The molecule has 0 radical (unpaired) electrons. The first-order valence-electron chi connectivity index (χ1n) is 5.65. The van der Waals surface area contributed by atoms with Gasteiger partial charge in [-0.2, -0.15) is 0 Å². The van der Waals surface area contributed by atoms with Gasteiger partial charge in [-0.25, -0.2) is 4.79 Å². The van der Waals surface area contributed by atoms with Crippen LogP contribution in [-0.4, -0.2) is 61.1 Å². The van der Waals surface area contributed by atoms with Gasteiger partial charge in [0.05, 0.1) is 0 Å². The smallest absolute Gasteiger partial charge is 0.317 e. The standard InChI is InChI=1S/C10H22N4O/c1-3-13-4-6-14(7-5-13)10(15)12-9(2)8-11/h9H,3-8,11H2,1-2H3,(H,12,15). The monoisotopic (exact) mass is 214 g/mol. The van der Waals surface area contributed by atoms with E-state index < -0.39 is 0 Å². The van der Waals surface area contributed by atoms with Crippen molar-refractivity contribution in [1.82, 2.24) is 15.1 Å². The van der Waals surface area contributed by atoms with Crippen molar-refractivity contribution in [2.45, 2.75) is 19.9 Å². The Morgan fingerprint density at radius 2 is 2.00 bits per heavy atom. The number of hydrogen-bond acceptors (Lipinski definition) is 3. The lowest BCUT2D eigenvalue weighted by Crippen LogP contribution is -2.53. The Morgan fingerprint density at radius 3 is 2.47 bits per heavy atom. The Bertz CT molecular complexity index is 202. The van der Waals surface area contributed by atoms with Crippen LogP contribution in [-0.2, 0) is 0 Å². The first-order valence-corrected chi connectivity index (χ1v) is 5.65. The third-order valence-corrected chi connectivity index (χ3v) is 2.83. The van der Waals surface area contributed by atoms with E-state index in [9.17, 15) is 4.79 Å². The molecule has 1 heterocycles. The van der Waals surface area contributed by atoms with Crippen LogP contribution in [0.15, 0.2) is 0 Å². The number of nitrogens with two attached hydrogens (primary N) is 1. The number of urea groups is 1. The van der Waals surface area contributed by atoms with Crippen LogP contribution < -0.4 is 11.1 Å². The molecule has 1 unspecified atom stereocenters. The Morgan fingerprint density at radius 1 is 1.40 bits per heavy atom. The normalized spacial score (nSPS) is 20.1. The van der Waals surface area contributed by atoms with Crippen molar-refractivity contribution < 1.29 is 4.79 Å². The number of hydrogen-bond donors (Lipinski definition) is 2. The number of nitrogens with one attached hydrogen (secondary N) is 1. The van der Waals surface area contributed by atoms with Crippen LogP contribution >= 0.6 is 0 Å². The van der Waals surface area contributed by atoms with Gasteiger partial charge < -0.3 is 20.9 Å². The van der Waals surface area contributed by atoms with E-state index >= 15 is 0 Å². The minimum absolute atomic E-state index is 0.0173. The largest absolute Gasteiger partial charge is 0.334 e. The van der Waals surface area contributed by atoms with Crippen molar-refractivity contribution in [2.24, 2.45) is 5.73 Å². The third kappa shape index (κ3) is 3.68. The van der Waals surface area contributed by atoms with E-state index in [1.54, 1.807) is 0 Å². The molecule has 0 bridgehead atoms. The van der Waals surface area contributed by atoms with Crippen LogP contribution in [0.2, 0.25) is 0 Å². The van der Waals surface area contributed by atoms with Crippen LogP contribution in [0.3, 0.4) is 0 Å². The maximum atomic E-state index is 11.7. The molecule has 1 fully saturated rings. The lowest BCUT2D eigenvalue weighted by Gasteiger charge is -2.34. The van der Waals surface area contributed by atoms with Gasteiger partial charge in [0.15, 0.2) is 0 Å². The van der Waals surface area contributed by atoms with Crippen LogP contribution in [0.5, 0.6) is 0 Å². The van der Waals surface area contributed by atoms with Crippen molar-refractivity contribution in [3.8, 4) is 0 Å². The number of carbonyl (C=O) groups excluding carboxylic acids is 1. The number of nitrogens with zero attached hydrogens (tertiary/aromatic N) is 2. The van der Waals surface area contributed by atoms with Gasteiger partial charge in [-0.05, 0) is 13.5 Å². The molecule has 15 heavy (non-hydrogen) atoms. The van der Waals surface area contributed by atoms with Gasteiger partial charge in [0, 0.05) is 38.8 Å². The van der Waals surface area contributed by atoms with E-state index in [4.69, 9.17) is 5.73 Å². The van der Waals surface area contributed by atoms with E-state index in [2.05, 4.69) is 17.1 Å². The van der Waals surface area contributed by atoms with Crippen molar-refractivity contribution in [3.63, 3.8) is 0 Å². The molecule has 0 aromatic carbocycles. The molecule has 0 aliphatic carbocycles. The highest BCUT2D eigenvalue weighted by Gasteiger charge is 2.20. The molecule has 0 spiro atoms. The van der Waals surface area contributed by atoms with Crippen molar-refractivity contribution >= 4 is 6.03 Å². The SMILES string of the molecule is CCN1CCN(C(=O)NC(C)CN)CC1. The Labute approximate surface area is 91.6 Å². The molecule has 0 aromatic heterocycles. The van der Waals surface area contributed by atoms with Gasteiger partial charge in [-0.1, -0.05) is 6.92 Å². The summed E-state index contributed by atoms with van der Waals surface area (Å²) in [6, 6.07) is 0.0745. The molecule has 5 heteroatoms. The number of likely N-dealkylation sites (N-methyl/N-ethyl adjacent to an activating group) is 1. The van der Waals surface area contributed by atoms with Crippen LogP contribution in [0.4, 0.5) is 4.79 Å². The summed E-state index contributed by atoms with van der Waals surface area (Å²) in [5.41, 5.74) is 5.45.